The summed E-state index contributed by atoms with van der Waals surface area (Å²) in [6, 6.07) is 5.98. The second-order valence-corrected chi connectivity index (χ2v) is 6.34. The van der Waals surface area contributed by atoms with Crippen LogP contribution in [0.15, 0.2) is 18.2 Å². The summed E-state index contributed by atoms with van der Waals surface area (Å²) in [5.41, 5.74) is 2.88. The third kappa shape index (κ3) is 1.51. The highest BCUT2D eigenvalue weighted by atomic mass is 16.5. The predicted molar refractivity (Wildman–Crippen MR) is 79.5 cm³/mol. The molecular formula is C16H22N2O2. The van der Waals surface area contributed by atoms with E-state index in [4.69, 9.17) is 4.74 Å². The van der Waals surface area contributed by atoms with Crippen LogP contribution in [0.4, 0.5) is 10.5 Å². The van der Waals surface area contributed by atoms with E-state index in [-0.39, 0.29) is 11.0 Å². The van der Waals surface area contributed by atoms with Crippen LogP contribution in [-0.2, 0) is 5.41 Å². The van der Waals surface area contributed by atoms with E-state index in [1.165, 1.54) is 30.5 Å². The van der Waals surface area contributed by atoms with Gasteiger partial charge in [0.15, 0.2) is 0 Å². The number of nitrogens with zero attached hydrogens (tertiary/aromatic N) is 1. The molecule has 0 spiro atoms. The average Bonchev–Trinajstić information content (AvgIpc) is 2.82. The van der Waals surface area contributed by atoms with Crippen molar-refractivity contribution in [2.45, 2.75) is 44.1 Å². The molecule has 4 heteroatoms. The maximum atomic E-state index is 11.4. The van der Waals surface area contributed by atoms with Crippen molar-refractivity contribution in [1.82, 2.24) is 5.32 Å². The number of carbonyl (C=O) groups excluding carboxylic acids is 1. The lowest BCUT2D eigenvalue weighted by molar-refractivity contribution is 0.203. The van der Waals surface area contributed by atoms with Crippen LogP contribution < -0.4 is 15.0 Å². The number of rotatable bonds is 1. The van der Waals surface area contributed by atoms with Crippen LogP contribution in [-0.4, -0.2) is 25.7 Å². The number of carbonyl (C=O) groups is 1. The first-order valence-corrected chi connectivity index (χ1v) is 7.20. The molecule has 1 aliphatic carbocycles. The highest BCUT2D eigenvalue weighted by Crippen LogP contribution is 2.59. The standard InChI is InChI=1S/C16H22N2O2/c1-15-8-5-9-16(15,2)18(4)13-7-6-11(10-12(13)15)20-14(19)17-3/h6-7,10H,5,8-9H2,1-4H3,(H,17,19)/t15-,16-/m0/s1. The smallest absolute Gasteiger partial charge is 0.410 e. The number of anilines is 1. The Labute approximate surface area is 120 Å². The molecule has 1 fully saturated rings. The SMILES string of the molecule is CNC(=O)Oc1ccc2c(c1)[C@]1(C)CCC[C@]1(C)N2C. The third-order valence-electron chi connectivity index (χ3n) is 5.61. The van der Waals surface area contributed by atoms with Crippen molar-refractivity contribution < 1.29 is 9.53 Å². The minimum absolute atomic E-state index is 0.138. The Morgan fingerprint density at radius 2 is 2.10 bits per heavy atom. The Morgan fingerprint density at radius 1 is 1.35 bits per heavy atom. The van der Waals surface area contributed by atoms with Gasteiger partial charge in [-0.15, -0.1) is 0 Å². The molecule has 1 amide bonds. The number of fused-ring (bicyclic) bond motifs is 3. The maximum Gasteiger partial charge on any atom is 0.412 e. The molecule has 2 aliphatic rings. The minimum atomic E-state index is -0.421. The highest BCUT2D eigenvalue weighted by molar-refractivity contribution is 5.72. The summed E-state index contributed by atoms with van der Waals surface area (Å²) in [5, 5.41) is 2.48. The first-order chi connectivity index (χ1) is 9.42. The van der Waals surface area contributed by atoms with Gasteiger partial charge in [0.1, 0.15) is 5.75 Å². The van der Waals surface area contributed by atoms with E-state index in [2.05, 4.69) is 37.2 Å². The molecule has 1 aromatic rings. The van der Waals surface area contributed by atoms with Gasteiger partial charge in [-0.2, -0.15) is 0 Å². The largest absolute Gasteiger partial charge is 0.412 e. The summed E-state index contributed by atoms with van der Waals surface area (Å²) >= 11 is 0. The van der Waals surface area contributed by atoms with Crippen LogP contribution in [0.5, 0.6) is 5.75 Å². The first-order valence-electron chi connectivity index (χ1n) is 7.20. The van der Waals surface area contributed by atoms with Gasteiger partial charge in [0.2, 0.25) is 0 Å². The molecule has 20 heavy (non-hydrogen) atoms. The zero-order valence-electron chi connectivity index (χ0n) is 12.6. The Bertz CT molecular complexity index is 572. The Kier molecular flexibility index (Phi) is 2.75. The monoisotopic (exact) mass is 274 g/mol. The Hall–Kier alpha value is -1.71. The van der Waals surface area contributed by atoms with E-state index in [0.29, 0.717) is 5.75 Å². The molecular weight excluding hydrogens is 252 g/mol. The van der Waals surface area contributed by atoms with E-state index in [1.54, 1.807) is 7.05 Å². The van der Waals surface area contributed by atoms with E-state index in [0.717, 1.165) is 0 Å². The van der Waals surface area contributed by atoms with Crippen molar-refractivity contribution in [3.8, 4) is 5.75 Å². The summed E-state index contributed by atoms with van der Waals surface area (Å²) in [6.07, 6.45) is 3.22. The van der Waals surface area contributed by atoms with Crippen LogP contribution in [0.1, 0.15) is 38.7 Å². The topological polar surface area (TPSA) is 41.6 Å². The third-order valence-corrected chi connectivity index (χ3v) is 5.61. The molecule has 1 saturated carbocycles. The highest BCUT2D eigenvalue weighted by Gasteiger charge is 2.57. The van der Waals surface area contributed by atoms with Crippen LogP contribution in [0.2, 0.25) is 0 Å². The fraction of sp³-hybridized carbons (Fsp3) is 0.562. The van der Waals surface area contributed by atoms with Gasteiger partial charge in [-0.3, -0.25) is 0 Å². The van der Waals surface area contributed by atoms with Crippen molar-refractivity contribution in [3.05, 3.63) is 23.8 Å². The Morgan fingerprint density at radius 3 is 2.80 bits per heavy atom. The van der Waals surface area contributed by atoms with E-state index >= 15 is 0 Å². The molecule has 4 nitrogen and oxygen atoms in total. The van der Waals surface area contributed by atoms with Gasteiger partial charge >= 0.3 is 6.09 Å². The van der Waals surface area contributed by atoms with Gasteiger partial charge in [-0.25, -0.2) is 4.79 Å². The second-order valence-electron chi connectivity index (χ2n) is 6.34. The second kappa shape index (κ2) is 4.14. The summed E-state index contributed by atoms with van der Waals surface area (Å²) in [6.45, 7) is 4.69. The number of amides is 1. The number of hydrogen-bond donors (Lipinski definition) is 1. The van der Waals surface area contributed by atoms with Crippen molar-refractivity contribution in [1.29, 1.82) is 0 Å². The van der Waals surface area contributed by atoms with Crippen molar-refractivity contribution in [2.24, 2.45) is 0 Å². The Balaban J connectivity index is 2.05. The number of ether oxygens (including phenoxy) is 1. The van der Waals surface area contributed by atoms with Crippen LogP contribution in [0.25, 0.3) is 0 Å². The molecule has 1 aromatic carbocycles. The normalized spacial score (nSPS) is 30.9. The molecule has 0 unspecified atom stereocenters. The van der Waals surface area contributed by atoms with Crippen molar-refractivity contribution in [3.63, 3.8) is 0 Å². The van der Waals surface area contributed by atoms with E-state index in [1.807, 2.05) is 12.1 Å². The van der Waals surface area contributed by atoms with Gasteiger partial charge in [0.05, 0.1) is 0 Å². The molecule has 0 saturated heterocycles. The molecule has 108 valence electrons. The zero-order chi connectivity index (χ0) is 14.5. The molecule has 3 rings (SSSR count). The average molecular weight is 274 g/mol. The zero-order valence-corrected chi connectivity index (χ0v) is 12.6. The van der Waals surface area contributed by atoms with E-state index in [9.17, 15) is 4.79 Å². The van der Waals surface area contributed by atoms with Crippen LogP contribution in [0.3, 0.4) is 0 Å². The van der Waals surface area contributed by atoms with Gasteiger partial charge in [0.25, 0.3) is 0 Å². The number of likely N-dealkylation sites (N-methyl/N-ethyl adjacent to an activating group) is 1. The number of benzene rings is 1. The molecule has 0 aromatic heterocycles. The lowest BCUT2D eigenvalue weighted by Gasteiger charge is -2.40. The fourth-order valence-corrected chi connectivity index (χ4v) is 4.03. The van der Waals surface area contributed by atoms with E-state index < -0.39 is 6.09 Å². The minimum Gasteiger partial charge on any atom is -0.410 e. The molecule has 1 aliphatic heterocycles. The fourth-order valence-electron chi connectivity index (χ4n) is 4.03. The summed E-state index contributed by atoms with van der Waals surface area (Å²) in [4.78, 5) is 13.8. The van der Waals surface area contributed by atoms with Crippen molar-refractivity contribution >= 4 is 11.8 Å². The molecule has 1 heterocycles. The maximum absolute atomic E-state index is 11.4. The molecule has 0 bridgehead atoms. The summed E-state index contributed by atoms with van der Waals surface area (Å²) in [5.74, 6) is 0.619. The lowest BCUT2D eigenvalue weighted by atomic mass is 9.72. The van der Waals surface area contributed by atoms with Gasteiger partial charge < -0.3 is 15.0 Å². The van der Waals surface area contributed by atoms with Crippen LogP contribution in [0, 0.1) is 0 Å². The molecule has 2 atom stereocenters. The molecule has 1 N–H and O–H groups in total. The summed E-state index contributed by atoms with van der Waals surface area (Å²) in [7, 11) is 3.74. The number of hydrogen-bond acceptors (Lipinski definition) is 3. The first kappa shape index (κ1) is 13.3. The van der Waals surface area contributed by atoms with Gasteiger partial charge in [-0.05, 0) is 43.5 Å². The molecule has 0 radical (unpaired) electrons. The van der Waals surface area contributed by atoms with Crippen molar-refractivity contribution in [2.75, 3.05) is 19.0 Å². The number of nitrogens with one attached hydrogen (secondary N) is 1. The predicted octanol–water partition coefficient (Wildman–Crippen LogP) is 3.05. The quantitative estimate of drug-likeness (QED) is 0.855. The lowest BCUT2D eigenvalue weighted by Crippen LogP contribution is -2.49. The van der Waals surface area contributed by atoms with Gasteiger partial charge in [0, 0.05) is 30.7 Å². The van der Waals surface area contributed by atoms with Gasteiger partial charge in [-0.1, -0.05) is 13.3 Å². The van der Waals surface area contributed by atoms with Crippen LogP contribution >= 0.6 is 0 Å². The summed E-state index contributed by atoms with van der Waals surface area (Å²) < 4.78 is 5.28.